The summed E-state index contributed by atoms with van der Waals surface area (Å²) in [5, 5.41) is 22.3. The summed E-state index contributed by atoms with van der Waals surface area (Å²) in [6, 6.07) is 7.87. The molecule has 0 bridgehead atoms. The monoisotopic (exact) mass is 257 g/mol. The minimum Gasteiger partial charge on any atom is -0.548 e. The summed E-state index contributed by atoms with van der Waals surface area (Å²) >= 11 is 0. The van der Waals surface area contributed by atoms with Crippen LogP contribution in [0.3, 0.4) is 0 Å². The maximum Gasteiger partial charge on any atom is 1.00 e. The van der Waals surface area contributed by atoms with Crippen LogP contribution in [0.2, 0.25) is 0 Å². The zero-order valence-electron chi connectivity index (χ0n) is 11.1. The van der Waals surface area contributed by atoms with E-state index in [2.05, 4.69) is 5.32 Å². The molecular weight excluding hydrogens is 241 g/mol. The SMILES string of the molecule is C[C@@H](O)CC(=O)N[C@@H](Cc1ccccc1)C(=O)[O-].[Li+]. The van der Waals surface area contributed by atoms with Crippen LogP contribution in [0.5, 0.6) is 0 Å². The molecule has 19 heavy (non-hydrogen) atoms. The van der Waals surface area contributed by atoms with Crippen molar-refractivity contribution < 1.29 is 38.7 Å². The topological polar surface area (TPSA) is 89.5 Å². The number of carbonyl (C=O) groups excluding carboxylic acids is 2. The molecule has 0 unspecified atom stereocenters. The normalized spacial score (nSPS) is 12.9. The minimum atomic E-state index is -1.34. The Bertz CT molecular complexity index is 408. The van der Waals surface area contributed by atoms with Crippen LogP contribution in [-0.4, -0.2) is 29.1 Å². The van der Waals surface area contributed by atoms with Crippen molar-refractivity contribution in [3.05, 3.63) is 35.9 Å². The number of carboxylic acid groups (broad SMARTS) is 1. The zero-order chi connectivity index (χ0) is 13.5. The van der Waals surface area contributed by atoms with Gasteiger partial charge in [0.15, 0.2) is 0 Å². The van der Waals surface area contributed by atoms with Crippen molar-refractivity contribution in [2.75, 3.05) is 0 Å². The summed E-state index contributed by atoms with van der Waals surface area (Å²) in [6.07, 6.45) is -0.767. The number of carbonyl (C=O) groups is 2. The van der Waals surface area contributed by atoms with Crippen molar-refractivity contribution in [1.29, 1.82) is 0 Å². The van der Waals surface area contributed by atoms with Crippen LogP contribution in [0.15, 0.2) is 30.3 Å². The number of amides is 1. The third-order valence-electron chi connectivity index (χ3n) is 2.38. The number of aliphatic carboxylic acids is 1. The van der Waals surface area contributed by atoms with E-state index in [9.17, 15) is 14.7 Å². The summed E-state index contributed by atoms with van der Waals surface area (Å²) in [5.41, 5.74) is 0.795. The molecule has 1 amide bonds. The average Bonchev–Trinajstić information content (AvgIpc) is 2.28. The number of aliphatic hydroxyl groups is 1. The Morgan fingerprint density at radius 2 is 1.89 bits per heavy atom. The minimum absolute atomic E-state index is 0. The molecular formula is C13H16LiNO4. The number of hydrogen-bond donors (Lipinski definition) is 2. The first-order valence-electron chi connectivity index (χ1n) is 5.71. The third kappa shape index (κ3) is 7.02. The molecule has 0 saturated heterocycles. The number of carboxylic acids is 1. The van der Waals surface area contributed by atoms with Crippen LogP contribution in [0, 0.1) is 0 Å². The van der Waals surface area contributed by atoms with E-state index < -0.39 is 24.0 Å². The van der Waals surface area contributed by atoms with Crippen LogP contribution in [0.25, 0.3) is 0 Å². The molecule has 0 heterocycles. The summed E-state index contributed by atoms with van der Waals surface area (Å²) in [5.74, 6) is -1.84. The van der Waals surface area contributed by atoms with E-state index in [1.807, 2.05) is 6.07 Å². The van der Waals surface area contributed by atoms with Crippen molar-refractivity contribution in [2.45, 2.75) is 31.9 Å². The van der Waals surface area contributed by atoms with Gasteiger partial charge in [-0.25, -0.2) is 0 Å². The number of nitrogens with one attached hydrogen (secondary N) is 1. The molecule has 2 atom stereocenters. The molecule has 0 radical (unpaired) electrons. The van der Waals surface area contributed by atoms with Gasteiger partial charge in [-0.05, 0) is 18.9 Å². The molecule has 0 aliphatic rings. The van der Waals surface area contributed by atoms with Crippen LogP contribution < -0.4 is 29.3 Å². The van der Waals surface area contributed by atoms with Crippen molar-refractivity contribution in [3.8, 4) is 0 Å². The second-order valence-corrected chi connectivity index (χ2v) is 4.18. The molecule has 0 fully saturated rings. The number of hydrogen-bond acceptors (Lipinski definition) is 4. The molecule has 0 aliphatic heterocycles. The molecule has 0 aliphatic carbocycles. The van der Waals surface area contributed by atoms with Gasteiger partial charge in [0.2, 0.25) is 5.91 Å². The van der Waals surface area contributed by atoms with Gasteiger partial charge < -0.3 is 20.3 Å². The van der Waals surface area contributed by atoms with Gasteiger partial charge in [0.25, 0.3) is 0 Å². The summed E-state index contributed by atoms with van der Waals surface area (Å²) in [6.45, 7) is 1.46. The Kier molecular flexibility index (Phi) is 8.17. The van der Waals surface area contributed by atoms with Crippen molar-refractivity contribution in [1.82, 2.24) is 5.32 Å². The Hall–Kier alpha value is -1.28. The van der Waals surface area contributed by atoms with Crippen LogP contribution in [0.1, 0.15) is 18.9 Å². The van der Waals surface area contributed by atoms with Crippen molar-refractivity contribution in [2.24, 2.45) is 0 Å². The molecule has 98 valence electrons. The van der Waals surface area contributed by atoms with Gasteiger partial charge in [-0.3, -0.25) is 4.79 Å². The molecule has 1 aromatic carbocycles. The van der Waals surface area contributed by atoms with E-state index in [0.29, 0.717) is 0 Å². The number of rotatable bonds is 6. The third-order valence-corrected chi connectivity index (χ3v) is 2.38. The van der Waals surface area contributed by atoms with Crippen LogP contribution in [-0.2, 0) is 16.0 Å². The second kappa shape index (κ2) is 8.76. The van der Waals surface area contributed by atoms with E-state index in [-0.39, 0.29) is 31.7 Å². The number of aliphatic hydroxyl groups excluding tert-OH is 1. The first-order valence-corrected chi connectivity index (χ1v) is 5.71. The largest absolute Gasteiger partial charge is 1.00 e. The Labute approximate surface area is 124 Å². The van der Waals surface area contributed by atoms with E-state index in [0.717, 1.165) is 5.56 Å². The first kappa shape index (κ1) is 17.7. The van der Waals surface area contributed by atoms with Gasteiger partial charge in [0.05, 0.1) is 24.5 Å². The van der Waals surface area contributed by atoms with E-state index in [1.165, 1.54) is 6.92 Å². The van der Waals surface area contributed by atoms with Gasteiger partial charge in [-0.15, -0.1) is 0 Å². The fourth-order valence-electron chi connectivity index (χ4n) is 1.56. The summed E-state index contributed by atoms with van der Waals surface area (Å²) in [4.78, 5) is 22.3. The molecule has 1 rings (SSSR count). The molecule has 5 nitrogen and oxygen atoms in total. The van der Waals surface area contributed by atoms with Gasteiger partial charge in [-0.1, -0.05) is 30.3 Å². The van der Waals surface area contributed by atoms with E-state index in [4.69, 9.17) is 5.11 Å². The predicted octanol–water partition coefficient (Wildman–Crippen LogP) is -3.76. The quantitative estimate of drug-likeness (QED) is 0.512. The maximum atomic E-state index is 11.4. The second-order valence-electron chi connectivity index (χ2n) is 4.18. The van der Waals surface area contributed by atoms with Gasteiger partial charge in [-0.2, -0.15) is 0 Å². The zero-order valence-corrected chi connectivity index (χ0v) is 11.1. The van der Waals surface area contributed by atoms with Gasteiger partial charge in [0.1, 0.15) is 0 Å². The van der Waals surface area contributed by atoms with Gasteiger partial charge >= 0.3 is 18.9 Å². The Morgan fingerprint density at radius 3 is 2.37 bits per heavy atom. The van der Waals surface area contributed by atoms with Crippen LogP contribution >= 0.6 is 0 Å². The standard InChI is InChI=1S/C13H17NO4.Li/c1-9(15)7-12(16)14-11(13(17)18)8-10-5-3-2-4-6-10;/h2-6,9,11,15H,7-8H2,1H3,(H,14,16)(H,17,18);/q;+1/p-1/t9-,11+;/m1./s1. The molecule has 2 N–H and O–H groups in total. The number of benzene rings is 1. The Balaban J connectivity index is 0.00000324. The Morgan fingerprint density at radius 1 is 1.32 bits per heavy atom. The van der Waals surface area contributed by atoms with Crippen molar-refractivity contribution in [3.63, 3.8) is 0 Å². The molecule has 6 heteroatoms. The first-order chi connectivity index (χ1) is 8.49. The van der Waals surface area contributed by atoms with E-state index in [1.54, 1.807) is 24.3 Å². The van der Waals surface area contributed by atoms with Crippen LogP contribution in [0.4, 0.5) is 0 Å². The molecule has 1 aromatic rings. The smallest absolute Gasteiger partial charge is 0.548 e. The molecule has 0 spiro atoms. The fraction of sp³-hybridized carbons (Fsp3) is 0.385. The predicted molar refractivity (Wildman–Crippen MR) is 63.4 cm³/mol. The molecule has 0 saturated carbocycles. The summed E-state index contributed by atoms with van der Waals surface area (Å²) < 4.78 is 0. The maximum absolute atomic E-state index is 11.4. The van der Waals surface area contributed by atoms with Gasteiger partial charge in [0, 0.05) is 0 Å². The average molecular weight is 257 g/mol. The van der Waals surface area contributed by atoms with E-state index >= 15 is 0 Å². The summed E-state index contributed by atoms with van der Waals surface area (Å²) in [7, 11) is 0. The fourth-order valence-corrected chi connectivity index (χ4v) is 1.56. The molecule has 0 aromatic heterocycles. The van der Waals surface area contributed by atoms with Crippen molar-refractivity contribution >= 4 is 11.9 Å².